The number of thiophene rings is 1. The van der Waals surface area contributed by atoms with E-state index in [4.69, 9.17) is 5.11 Å². The van der Waals surface area contributed by atoms with Crippen LogP contribution < -0.4 is 5.32 Å². The van der Waals surface area contributed by atoms with Gasteiger partial charge in [-0.15, -0.1) is 23.1 Å². The molecule has 1 atom stereocenters. The SMILES string of the molecule is Cc1c(NC(=O)c2ccccc2SC(C)C(=O)O)sc2c1CCCC2. The van der Waals surface area contributed by atoms with Crippen molar-refractivity contribution in [3.63, 3.8) is 0 Å². The summed E-state index contributed by atoms with van der Waals surface area (Å²) in [5.74, 6) is -1.07. The molecule has 25 heavy (non-hydrogen) atoms. The number of amides is 1. The number of fused-ring (bicyclic) bond motifs is 1. The molecule has 1 heterocycles. The zero-order valence-electron chi connectivity index (χ0n) is 14.3. The Bertz CT molecular complexity index is 813. The summed E-state index contributed by atoms with van der Waals surface area (Å²) in [6.07, 6.45) is 4.62. The molecule has 6 heteroatoms. The number of rotatable bonds is 5. The topological polar surface area (TPSA) is 66.4 Å². The predicted octanol–water partition coefficient (Wildman–Crippen LogP) is 4.75. The first-order chi connectivity index (χ1) is 12.0. The lowest BCUT2D eigenvalue weighted by atomic mass is 9.96. The van der Waals surface area contributed by atoms with Crippen molar-refractivity contribution in [1.29, 1.82) is 0 Å². The second-order valence-corrected chi connectivity index (χ2v) is 8.70. The molecular weight excluding hydrogens is 354 g/mol. The van der Waals surface area contributed by atoms with Crippen LogP contribution in [0.4, 0.5) is 5.00 Å². The number of carboxylic acid groups (broad SMARTS) is 1. The molecule has 1 amide bonds. The molecule has 1 aromatic carbocycles. The van der Waals surface area contributed by atoms with Gasteiger partial charge in [0.05, 0.1) is 10.6 Å². The molecule has 1 aliphatic rings. The fourth-order valence-corrected chi connectivity index (χ4v) is 5.23. The number of benzene rings is 1. The zero-order chi connectivity index (χ0) is 18.0. The highest BCUT2D eigenvalue weighted by atomic mass is 32.2. The van der Waals surface area contributed by atoms with Gasteiger partial charge in [-0.3, -0.25) is 9.59 Å². The highest BCUT2D eigenvalue weighted by Gasteiger charge is 2.21. The van der Waals surface area contributed by atoms with Crippen LogP contribution in [0.5, 0.6) is 0 Å². The highest BCUT2D eigenvalue weighted by molar-refractivity contribution is 8.00. The summed E-state index contributed by atoms with van der Waals surface area (Å²) in [5.41, 5.74) is 3.09. The molecule has 2 N–H and O–H groups in total. The van der Waals surface area contributed by atoms with Crippen molar-refractivity contribution >= 4 is 40.0 Å². The molecule has 0 aliphatic heterocycles. The lowest BCUT2D eigenvalue weighted by molar-refractivity contribution is -0.136. The van der Waals surface area contributed by atoms with E-state index in [2.05, 4.69) is 12.2 Å². The third kappa shape index (κ3) is 3.90. The van der Waals surface area contributed by atoms with Crippen LogP contribution in [0, 0.1) is 6.92 Å². The first kappa shape index (κ1) is 18.0. The maximum atomic E-state index is 12.8. The second-order valence-electron chi connectivity index (χ2n) is 6.21. The Morgan fingerprint density at radius 1 is 1.24 bits per heavy atom. The van der Waals surface area contributed by atoms with Crippen LogP contribution in [-0.2, 0) is 17.6 Å². The molecule has 0 spiro atoms. The van der Waals surface area contributed by atoms with Gasteiger partial charge in [-0.1, -0.05) is 12.1 Å². The van der Waals surface area contributed by atoms with Gasteiger partial charge in [-0.2, -0.15) is 0 Å². The Balaban J connectivity index is 1.82. The lowest BCUT2D eigenvalue weighted by Crippen LogP contribution is -2.15. The van der Waals surface area contributed by atoms with E-state index < -0.39 is 11.2 Å². The van der Waals surface area contributed by atoms with Crippen LogP contribution in [0.3, 0.4) is 0 Å². The second kappa shape index (κ2) is 7.62. The standard InChI is InChI=1S/C19H21NO3S2/c1-11-13-7-3-5-9-15(13)25-18(11)20-17(21)14-8-4-6-10-16(14)24-12(2)19(22)23/h4,6,8,10,12H,3,5,7,9H2,1-2H3,(H,20,21)(H,22,23). The van der Waals surface area contributed by atoms with Crippen LogP contribution in [0.1, 0.15) is 46.1 Å². The molecule has 0 radical (unpaired) electrons. The number of hydrogen-bond donors (Lipinski definition) is 2. The van der Waals surface area contributed by atoms with E-state index in [1.165, 1.54) is 40.6 Å². The summed E-state index contributed by atoms with van der Waals surface area (Å²) in [7, 11) is 0. The predicted molar refractivity (Wildman–Crippen MR) is 103 cm³/mol. The molecule has 0 fully saturated rings. The van der Waals surface area contributed by atoms with Crippen LogP contribution in [0.15, 0.2) is 29.2 Å². The maximum Gasteiger partial charge on any atom is 0.316 e. The number of hydrogen-bond acceptors (Lipinski definition) is 4. The van der Waals surface area contributed by atoms with Gasteiger partial charge in [0.1, 0.15) is 5.25 Å². The van der Waals surface area contributed by atoms with Crippen molar-refractivity contribution in [2.24, 2.45) is 0 Å². The van der Waals surface area contributed by atoms with Gasteiger partial charge in [-0.05, 0) is 62.8 Å². The van der Waals surface area contributed by atoms with E-state index in [9.17, 15) is 9.59 Å². The largest absolute Gasteiger partial charge is 0.480 e. The summed E-state index contributed by atoms with van der Waals surface area (Å²) < 4.78 is 0. The monoisotopic (exact) mass is 375 g/mol. The number of carbonyl (C=O) groups is 2. The average Bonchev–Trinajstić information content (AvgIpc) is 2.91. The Morgan fingerprint density at radius 3 is 2.68 bits per heavy atom. The Hall–Kier alpha value is -1.79. The molecule has 0 saturated heterocycles. The molecule has 0 saturated carbocycles. The molecule has 1 unspecified atom stereocenters. The summed E-state index contributed by atoms with van der Waals surface area (Å²) in [6, 6.07) is 7.17. The zero-order valence-corrected chi connectivity index (χ0v) is 15.9. The number of thioether (sulfide) groups is 1. The summed E-state index contributed by atoms with van der Waals surface area (Å²) >= 11 is 2.87. The quantitative estimate of drug-likeness (QED) is 0.740. The van der Waals surface area contributed by atoms with Gasteiger partial charge >= 0.3 is 5.97 Å². The summed E-state index contributed by atoms with van der Waals surface area (Å²) in [6.45, 7) is 3.70. The fraction of sp³-hybridized carbons (Fsp3) is 0.368. The van der Waals surface area contributed by atoms with E-state index in [0.717, 1.165) is 17.8 Å². The first-order valence-corrected chi connectivity index (χ1v) is 10.1. The van der Waals surface area contributed by atoms with Gasteiger partial charge in [0, 0.05) is 9.77 Å². The number of aryl methyl sites for hydroxylation is 1. The van der Waals surface area contributed by atoms with Gasteiger partial charge in [0.2, 0.25) is 0 Å². The molecule has 1 aromatic heterocycles. The third-order valence-electron chi connectivity index (χ3n) is 4.45. The van der Waals surface area contributed by atoms with Gasteiger partial charge in [-0.25, -0.2) is 0 Å². The fourth-order valence-electron chi connectivity index (χ4n) is 3.01. The molecule has 4 nitrogen and oxygen atoms in total. The van der Waals surface area contributed by atoms with Crippen LogP contribution >= 0.6 is 23.1 Å². The maximum absolute atomic E-state index is 12.8. The number of nitrogens with one attached hydrogen (secondary N) is 1. The minimum atomic E-state index is -0.887. The molecule has 132 valence electrons. The third-order valence-corrected chi connectivity index (χ3v) is 6.92. The van der Waals surface area contributed by atoms with Gasteiger partial charge in [0.15, 0.2) is 0 Å². The van der Waals surface area contributed by atoms with Crippen molar-refractivity contribution in [3.05, 3.63) is 45.8 Å². The molecule has 1 aliphatic carbocycles. The van der Waals surface area contributed by atoms with Crippen molar-refractivity contribution in [3.8, 4) is 0 Å². The van der Waals surface area contributed by atoms with Crippen molar-refractivity contribution in [2.75, 3.05) is 5.32 Å². The van der Waals surface area contributed by atoms with E-state index in [-0.39, 0.29) is 5.91 Å². The van der Waals surface area contributed by atoms with Crippen molar-refractivity contribution in [1.82, 2.24) is 0 Å². The van der Waals surface area contributed by atoms with E-state index >= 15 is 0 Å². The van der Waals surface area contributed by atoms with E-state index in [1.807, 2.05) is 6.07 Å². The number of carboxylic acids is 1. The van der Waals surface area contributed by atoms with E-state index in [0.29, 0.717) is 10.5 Å². The summed E-state index contributed by atoms with van der Waals surface area (Å²) in [4.78, 5) is 26.0. The Morgan fingerprint density at radius 2 is 1.96 bits per heavy atom. The molecule has 3 rings (SSSR count). The minimum Gasteiger partial charge on any atom is -0.480 e. The smallest absolute Gasteiger partial charge is 0.316 e. The Labute approximate surface area is 155 Å². The van der Waals surface area contributed by atoms with Gasteiger partial charge in [0.25, 0.3) is 5.91 Å². The normalized spacial score (nSPS) is 14.6. The van der Waals surface area contributed by atoms with E-state index in [1.54, 1.807) is 36.5 Å². The lowest BCUT2D eigenvalue weighted by Gasteiger charge is -2.12. The molecule has 0 bridgehead atoms. The number of anilines is 1. The van der Waals surface area contributed by atoms with Crippen molar-refractivity contribution < 1.29 is 14.7 Å². The van der Waals surface area contributed by atoms with Crippen LogP contribution in [-0.4, -0.2) is 22.2 Å². The van der Waals surface area contributed by atoms with Crippen LogP contribution in [0.2, 0.25) is 0 Å². The van der Waals surface area contributed by atoms with Crippen molar-refractivity contribution in [2.45, 2.75) is 49.7 Å². The molecule has 2 aromatic rings. The first-order valence-electron chi connectivity index (χ1n) is 8.38. The number of carbonyl (C=O) groups excluding carboxylic acids is 1. The summed E-state index contributed by atoms with van der Waals surface area (Å²) in [5, 5.41) is 12.5. The Kier molecular flexibility index (Phi) is 5.49. The van der Waals surface area contributed by atoms with Gasteiger partial charge < -0.3 is 10.4 Å². The minimum absolute atomic E-state index is 0.178. The average molecular weight is 376 g/mol. The molecular formula is C19H21NO3S2. The highest BCUT2D eigenvalue weighted by Crippen LogP contribution is 2.38. The van der Waals surface area contributed by atoms with Crippen LogP contribution in [0.25, 0.3) is 0 Å². The number of aliphatic carboxylic acids is 1.